The standard InChI is InChI=1S/C19H22N4O4/c1-20-18(24)14-7-5-13(6-8-14)12-22(4)19(25)15-9-10-16(21(2)3)17(11-15)23(26)27/h5-11H,12H2,1-4H3,(H,20,24). The fourth-order valence-electron chi connectivity index (χ4n) is 2.65. The zero-order valence-corrected chi connectivity index (χ0v) is 15.7. The maximum Gasteiger partial charge on any atom is 0.293 e. The number of hydrogen-bond acceptors (Lipinski definition) is 5. The number of nitro benzene ring substituents is 1. The highest BCUT2D eigenvalue weighted by molar-refractivity contribution is 5.96. The van der Waals surface area contributed by atoms with Gasteiger partial charge in [-0.3, -0.25) is 19.7 Å². The number of rotatable bonds is 6. The summed E-state index contributed by atoms with van der Waals surface area (Å²) in [5.41, 5.74) is 1.94. The predicted octanol–water partition coefficient (Wildman–Crippen LogP) is 2.29. The van der Waals surface area contributed by atoms with Crippen molar-refractivity contribution in [1.82, 2.24) is 10.2 Å². The molecule has 0 atom stereocenters. The van der Waals surface area contributed by atoms with E-state index in [9.17, 15) is 19.7 Å². The van der Waals surface area contributed by atoms with Gasteiger partial charge in [-0.05, 0) is 29.8 Å². The van der Waals surface area contributed by atoms with Crippen LogP contribution in [0.25, 0.3) is 0 Å². The molecule has 1 N–H and O–H groups in total. The van der Waals surface area contributed by atoms with Gasteiger partial charge < -0.3 is 15.1 Å². The minimum Gasteiger partial charge on any atom is -0.372 e. The van der Waals surface area contributed by atoms with Crippen molar-refractivity contribution in [2.45, 2.75) is 6.54 Å². The Morgan fingerprint density at radius 2 is 1.63 bits per heavy atom. The molecular formula is C19H22N4O4. The fourth-order valence-corrected chi connectivity index (χ4v) is 2.65. The fraction of sp³-hybridized carbons (Fsp3) is 0.263. The maximum atomic E-state index is 12.7. The molecule has 2 rings (SSSR count). The Labute approximate surface area is 157 Å². The van der Waals surface area contributed by atoms with Crippen molar-refractivity contribution in [1.29, 1.82) is 0 Å². The summed E-state index contributed by atoms with van der Waals surface area (Å²) in [6, 6.07) is 11.3. The van der Waals surface area contributed by atoms with E-state index in [4.69, 9.17) is 0 Å². The second-order valence-electron chi connectivity index (χ2n) is 6.29. The molecule has 0 aromatic heterocycles. The van der Waals surface area contributed by atoms with Crippen LogP contribution in [0, 0.1) is 10.1 Å². The SMILES string of the molecule is CNC(=O)c1ccc(CN(C)C(=O)c2ccc(N(C)C)c([N+](=O)[O-])c2)cc1. The molecule has 0 bridgehead atoms. The monoisotopic (exact) mass is 370 g/mol. The number of nitro groups is 1. The molecule has 0 aliphatic carbocycles. The molecule has 27 heavy (non-hydrogen) atoms. The van der Waals surface area contributed by atoms with Gasteiger partial charge >= 0.3 is 0 Å². The Bertz CT molecular complexity index is 863. The Hall–Kier alpha value is -3.42. The van der Waals surface area contributed by atoms with Gasteiger partial charge in [0.2, 0.25) is 0 Å². The summed E-state index contributed by atoms with van der Waals surface area (Å²) < 4.78 is 0. The van der Waals surface area contributed by atoms with E-state index in [1.165, 1.54) is 11.0 Å². The van der Waals surface area contributed by atoms with Crippen LogP contribution in [0.2, 0.25) is 0 Å². The lowest BCUT2D eigenvalue weighted by atomic mass is 10.1. The van der Waals surface area contributed by atoms with Crippen LogP contribution < -0.4 is 10.2 Å². The van der Waals surface area contributed by atoms with E-state index in [-0.39, 0.29) is 23.1 Å². The second-order valence-corrected chi connectivity index (χ2v) is 6.29. The van der Waals surface area contributed by atoms with Gasteiger partial charge in [-0.1, -0.05) is 12.1 Å². The van der Waals surface area contributed by atoms with Crippen LogP contribution in [-0.4, -0.2) is 49.8 Å². The number of amides is 2. The number of anilines is 1. The van der Waals surface area contributed by atoms with E-state index < -0.39 is 4.92 Å². The number of carbonyl (C=O) groups excluding carboxylic acids is 2. The Morgan fingerprint density at radius 1 is 1.04 bits per heavy atom. The Balaban J connectivity index is 2.18. The van der Waals surface area contributed by atoms with E-state index in [1.54, 1.807) is 69.5 Å². The van der Waals surface area contributed by atoms with Gasteiger partial charge in [-0.15, -0.1) is 0 Å². The molecule has 0 radical (unpaired) electrons. The number of carbonyl (C=O) groups is 2. The Morgan fingerprint density at radius 3 is 2.15 bits per heavy atom. The van der Waals surface area contributed by atoms with Gasteiger partial charge in [0.1, 0.15) is 5.69 Å². The first-order valence-corrected chi connectivity index (χ1v) is 8.27. The molecule has 2 aromatic rings. The summed E-state index contributed by atoms with van der Waals surface area (Å²) >= 11 is 0. The van der Waals surface area contributed by atoms with Crippen molar-refractivity contribution in [2.75, 3.05) is 33.1 Å². The summed E-state index contributed by atoms with van der Waals surface area (Å²) in [7, 11) is 6.60. The number of hydrogen-bond donors (Lipinski definition) is 1. The third-order valence-electron chi connectivity index (χ3n) is 4.11. The molecule has 2 aromatic carbocycles. The molecular weight excluding hydrogens is 348 g/mol. The summed E-state index contributed by atoms with van der Waals surface area (Å²) in [5, 5.41) is 13.8. The summed E-state index contributed by atoms with van der Waals surface area (Å²) in [6.45, 7) is 0.316. The maximum absolute atomic E-state index is 12.7. The highest BCUT2D eigenvalue weighted by atomic mass is 16.6. The van der Waals surface area contributed by atoms with Gasteiger partial charge in [-0.2, -0.15) is 0 Å². The first-order chi connectivity index (χ1) is 12.7. The first kappa shape index (κ1) is 19.9. The zero-order valence-electron chi connectivity index (χ0n) is 15.7. The van der Waals surface area contributed by atoms with Crippen molar-refractivity contribution in [3.05, 3.63) is 69.3 Å². The third-order valence-corrected chi connectivity index (χ3v) is 4.11. The highest BCUT2D eigenvalue weighted by Gasteiger charge is 2.20. The van der Waals surface area contributed by atoms with E-state index in [0.717, 1.165) is 5.56 Å². The van der Waals surface area contributed by atoms with Crippen LogP contribution in [0.5, 0.6) is 0 Å². The van der Waals surface area contributed by atoms with Crippen molar-refractivity contribution in [2.24, 2.45) is 0 Å². The average molecular weight is 370 g/mol. The smallest absolute Gasteiger partial charge is 0.293 e. The second kappa shape index (κ2) is 8.31. The van der Waals surface area contributed by atoms with Crippen LogP contribution in [0.3, 0.4) is 0 Å². The van der Waals surface area contributed by atoms with Gasteiger partial charge in [-0.25, -0.2) is 0 Å². The highest BCUT2D eigenvalue weighted by Crippen LogP contribution is 2.28. The van der Waals surface area contributed by atoms with Crippen molar-refractivity contribution in [3.8, 4) is 0 Å². The summed E-state index contributed by atoms with van der Waals surface area (Å²) in [6.07, 6.45) is 0. The quantitative estimate of drug-likeness (QED) is 0.622. The molecule has 8 nitrogen and oxygen atoms in total. The van der Waals surface area contributed by atoms with E-state index in [1.807, 2.05) is 0 Å². The minimum atomic E-state index is -0.496. The molecule has 0 aliphatic heterocycles. The lowest BCUT2D eigenvalue weighted by Crippen LogP contribution is -2.26. The molecule has 0 spiro atoms. The minimum absolute atomic E-state index is 0.116. The average Bonchev–Trinajstić information content (AvgIpc) is 2.66. The largest absolute Gasteiger partial charge is 0.372 e. The van der Waals surface area contributed by atoms with Gasteiger partial charge in [0.15, 0.2) is 0 Å². The summed E-state index contributed by atoms with van der Waals surface area (Å²) in [4.78, 5) is 38.1. The van der Waals surface area contributed by atoms with Gasteiger partial charge in [0, 0.05) is 51.9 Å². The molecule has 8 heteroatoms. The van der Waals surface area contributed by atoms with Crippen molar-refractivity contribution >= 4 is 23.2 Å². The third kappa shape index (κ3) is 4.60. The number of benzene rings is 2. The van der Waals surface area contributed by atoms with Crippen LogP contribution in [0.4, 0.5) is 11.4 Å². The van der Waals surface area contributed by atoms with E-state index >= 15 is 0 Å². The van der Waals surface area contributed by atoms with E-state index in [0.29, 0.717) is 17.8 Å². The normalized spacial score (nSPS) is 10.2. The van der Waals surface area contributed by atoms with Gasteiger partial charge in [0.05, 0.1) is 4.92 Å². The van der Waals surface area contributed by atoms with Crippen LogP contribution in [-0.2, 0) is 6.54 Å². The molecule has 0 unspecified atom stereocenters. The van der Waals surface area contributed by atoms with Crippen LogP contribution in [0.15, 0.2) is 42.5 Å². The molecule has 142 valence electrons. The Kier molecular flexibility index (Phi) is 6.12. The molecule has 0 aliphatic rings. The van der Waals surface area contributed by atoms with Crippen LogP contribution >= 0.6 is 0 Å². The molecule has 2 amide bonds. The lowest BCUT2D eigenvalue weighted by molar-refractivity contribution is -0.384. The van der Waals surface area contributed by atoms with E-state index in [2.05, 4.69) is 5.32 Å². The molecule has 0 fully saturated rings. The lowest BCUT2D eigenvalue weighted by Gasteiger charge is -2.19. The van der Waals surface area contributed by atoms with Gasteiger partial charge in [0.25, 0.3) is 17.5 Å². The predicted molar refractivity (Wildman–Crippen MR) is 103 cm³/mol. The first-order valence-electron chi connectivity index (χ1n) is 8.27. The molecule has 0 heterocycles. The summed E-state index contributed by atoms with van der Waals surface area (Å²) in [5.74, 6) is -0.502. The molecule has 0 saturated carbocycles. The van der Waals surface area contributed by atoms with Crippen molar-refractivity contribution < 1.29 is 14.5 Å². The van der Waals surface area contributed by atoms with Crippen molar-refractivity contribution in [3.63, 3.8) is 0 Å². The zero-order chi connectivity index (χ0) is 20.1. The number of nitrogens with one attached hydrogen (secondary N) is 1. The molecule has 0 saturated heterocycles. The number of nitrogens with zero attached hydrogens (tertiary/aromatic N) is 3. The van der Waals surface area contributed by atoms with Crippen LogP contribution in [0.1, 0.15) is 26.3 Å². The topological polar surface area (TPSA) is 95.8 Å².